The van der Waals surface area contributed by atoms with Crippen molar-refractivity contribution in [1.82, 2.24) is 0 Å². The maximum Gasteiger partial charge on any atom is 0.416 e. The van der Waals surface area contributed by atoms with E-state index < -0.39 is 17.1 Å². The number of halogens is 6. The summed E-state index contributed by atoms with van der Waals surface area (Å²) >= 11 is 15.1. The summed E-state index contributed by atoms with van der Waals surface area (Å²) in [5, 5.41) is -0.253. The number of rotatable bonds is 3. The van der Waals surface area contributed by atoms with Crippen molar-refractivity contribution in [3.05, 3.63) is 68.7 Å². The van der Waals surface area contributed by atoms with E-state index in [0.717, 1.165) is 11.6 Å². The Hall–Kier alpha value is -0.710. The molecule has 0 fully saturated rings. The van der Waals surface area contributed by atoms with Crippen molar-refractivity contribution in [1.29, 1.82) is 0 Å². The summed E-state index contributed by atoms with van der Waals surface area (Å²) in [6.07, 6.45) is -4.17. The molecule has 1 atom stereocenters. The lowest BCUT2D eigenvalue weighted by atomic mass is 9.99. The van der Waals surface area contributed by atoms with Crippen molar-refractivity contribution in [3.63, 3.8) is 0 Å². The molecule has 6 heteroatoms. The molecule has 2 aromatic carbocycles. The molecule has 0 saturated carbocycles. The quantitative estimate of drug-likeness (QED) is 0.509. The number of hydrogen-bond acceptors (Lipinski definition) is 0. The second-order valence-corrected chi connectivity index (χ2v) is 6.41. The SMILES string of the molecule is FC(F)(F)c1cc(Br)ccc1C(Cl)Cc1cccc(Cl)c1. The highest BCUT2D eigenvalue weighted by Crippen LogP contribution is 2.39. The predicted octanol–water partition coefficient (Wildman–Crippen LogP) is 6.64. The minimum Gasteiger partial charge on any atom is -0.166 e. The first-order valence-electron chi connectivity index (χ1n) is 6.02. The number of alkyl halides is 4. The Balaban J connectivity index is 2.33. The summed E-state index contributed by atoms with van der Waals surface area (Å²) in [5.41, 5.74) is 0.129. The van der Waals surface area contributed by atoms with Gasteiger partial charge in [-0.1, -0.05) is 45.7 Å². The maximum atomic E-state index is 13.1. The summed E-state index contributed by atoms with van der Waals surface area (Å²) in [7, 11) is 0. The molecule has 2 rings (SSSR count). The van der Waals surface area contributed by atoms with E-state index in [1.165, 1.54) is 6.07 Å². The van der Waals surface area contributed by atoms with E-state index in [4.69, 9.17) is 23.2 Å². The first-order valence-corrected chi connectivity index (χ1v) is 7.63. The Labute approximate surface area is 139 Å². The first-order chi connectivity index (χ1) is 9.77. The Kier molecular flexibility index (Phi) is 5.23. The fraction of sp³-hybridized carbons (Fsp3) is 0.200. The van der Waals surface area contributed by atoms with E-state index >= 15 is 0 Å². The molecule has 2 aromatic rings. The van der Waals surface area contributed by atoms with E-state index in [-0.39, 0.29) is 12.0 Å². The van der Waals surface area contributed by atoms with Crippen molar-refractivity contribution < 1.29 is 13.2 Å². The largest absolute Gasteiger partial charge is 0.416 e. The Bertz CT molecular complexity index is 641. The van der Waals surface area contributed by atoms with Crippen LogP contribution in [0, 0.1) is 0 Å². The third-order valence-electron chi connectivity index (χ3n) is 2.96. The van der Waals surface area contributed by atoms with Gasteiger partial charge < -0.3 is 0 Å². The fourth-order valence-corrected chi connectivity index (χ4v) is 2.97. The van der Waals surface area contributed by atoms with E-state index in [1.807, 2.05) is 0 Å². The zero-order valence-corrected chi connectivity index (χ0v) is 13.7. The standard InChI is InChI=1S/C15H10BrCl2F3/c16-10-4-5-12(13(8-10)15(19,20)21)14(18)7-9-2-1-3-11(17)6-9/h1-6,8,14H,7H2. The van der Waals surface area contributed by atoms with Crippen LogP contribution in [0.1, 0.15) is 22.1 Å². The molecule has 0 aromatic heterocycles. The Morgan fingerprint density at radius 1 is 1.10 bits per heavy atom. The molecule has 0 heterocycles. The molecule has 0 N–H and O–H groups in total. The van der Waals surface area contributed by atoms with Crippen molar-refractivity contribution in [2.24, 2.45) is 0 Å². The van der Waals surface area contributed by atoms with E-state index in [2.05, 4.69) is 15.9 Å². The number of hydrogen-bond donors (Lipinski definition) is 0. The van der Waals surface area contributed by atoms with Gasteiger partial charge in [-0.25, -0.2) is 0 Å². The van der Waals surface area contributed by atoms with Crippen LogP contribution in [0.3, 0.4) is 0 Å². The summed E-state index contributed by atoms with van der Waals surface area (Å²) in [4.78, 5) is 0. The minimum atomic E-state index is -4.44. The summed E-state index contributed by atoms with van der Waals surface area (Å²) in [5.74, 6) is 0. The third-order valence-corrected chi connectivity index (χ3v) is 4.08. The van der Waals surface area contributed by atoms with Gasteiger partial charge >= 0.3 is 6.18 Å². The van der Waals surface area contributed by atoms with Crippen molar-refractivity contribution in [2.45, 2.75) is 18.0 Å². The van der Waals surface area contributed by atoms with E-state index in [0.29, 0.717) is 9.50 Å². The topological polar surface area (TPSA) is 0 Å². The molecule has 0 nitrogen and oxygen atoms in total. The molecule has 1 unspecified atom stereocenters. The average Bonchev–Trinajstić information content (AvgIpc) is 2.37. The monoisotopic (exact) mass is 396 g/mol. The molecule has 0 spiro atoms. The molecule has 0 aliphatic heterocycles. The van der Waals surface area contributed by atoms with Crippen LogP contribution < -0.4 is 0 Å². The van der Waals surface area contributed by atoms with Crippen molar-refractivity contribution in [2.75, 3.05) is 0 Å². The predicted molar refractivity (Wildman–Crippen MR) is 82.9 cm³/mol. The lowest BCUT2D eigenvalue weighted by Gasteiger charge is -2.17. The summed E-state index contributed by atoms with van der Waals surface area (Å²) in [6, 6.07) is 10.9. The van der Waals surface area contributed by atoms with Gasteiger partial charge in [-0.15, -0.1) is 11.6 Å². The second-order valence-electron chi connectivity index (χ2n) is 4.53. The lowest BCUT2D eigenvalue weighted by molar-refractivity contribution is -0.138. The van der Waals surface area contributed by atoms with E-state index in [9.17, 15) is 13.2 Å². The molecule has 0 aliphatic rings. The van der Waals surface area contributed by atoms with Crippen LogP contribution in [0.15, 0.2) is 46.9 Å². The molecular formula is C15H10BrCl2F3. The van der Waals surface area contributed by atoms with Gasteiger partial charge in [-0.05, 0) is 41.8 Å². The van der Waals surface area contributed by atoms with Crippen LogP contribution in [-0.2, 0) is 12.6 Å². The normalized spacial score (nSPS) is 13.2. The highest BCUT2D eigenvalue weighted by molar-refractivity contribution is 9.10. The highest BCUT2D eigenvalue weighted by atomic mass is 79.9. The van der Waals surface area contributed by atoms with Gasteiger partial charge in [0, 0.05) is 9.50 Å². The van der Waals surface area contributed by atoms with Crippen LogP contribution in [0.2, 0.25) is 5.02 Å². The number of benzene rings is 2. The molecule has 0 bridgehead atoms. The molecule has 0 saturated heterocycles. The lowest BCUT2D eigenvalue weighted by Crippen LogP contribution is -2.11. The second kappa shape index (κ2) is 6.59. The van der Waals surface area contributed by atoms with Gasteiger partial charge in [-0.3, -0.25) is 0 Å². The van der Waals surface area contributed by atoms with E-state index in [1.54, 1.807) is 30.3 Å². The van der Waals surface area contributed by atoms with Gasteiger partial charge in [0.15, 0.2) is 0 Å². The molecule has 21 heavy (non-hydrogen) atoms. The average molecular weight is 398 g/mol. The Morgan fingerprint density at radius 3 is 2.43 bits per heavy atom. The van der Waals surface area contributed by atoms with Crippen LogP contribution in [0.5, 0.6) is 0 Å². The minimum absolute atomic E-state index is 0.0624. The zero-order chi connectivity index (χ0) is 15.6. The van der Waals surface area contributed by atoms with Gasteiger partial charge in [0.05, 0.1) is 10.9 Å². The zero-order valence-electron chi connectivity index (χ0n) is 10.6. The fourth-order valence-electron chi connectivity index (χ4n) is 2.03. The molecule has 0 aliphatic carbocycles. The summed E-state index contributed by atoms with van der Waals surface area (Å²) in [6.45, 7) is 0. The van der Waals surface area contributed by atoms with Crippen LogP contribution >= 0.6 is 39.1 Å². The highest BCUT2D eigenvalue weighted by Gasteiger charge is 2.35. The first kappa shape index (κ1) is 16.7. The van der Waals surface area contributed by atoms with Crippen LogP contribution in [0.25, 0.3) is 0 Å². The third kappa shape index (κ3) is 4.38. The molecule has 0 amide bonds. The van der Waals surface area contributed by atoms with Crippen molar-refractivity contribution in [3.8, 4) is 0 Å². The smallest absolute Gasteiger partial charge is 0.166 e. The molecule has 0 radical (unpaired) electrons. The molecular weight excluding hydrogens is 388 g/mol. The van der Waals surface area contributed by atoms with Crippen LogP contribution in [-0.4, -0.2) is 0 Å². The van der Waals surface area contributed by atoms with Gasteiger partial charge in [0.2, 0.25) is 0 Å². The Morgan fingerprint density at radius 2 is 1.81 bits per heavy atom. The van der Waals surface area contributed by atoms with Crippen LogP contribution in [0.4, 0.5) is 13.2 Å². The van der Waals surface area contributed by atoms with Crippen molar-refractivity contribution >= 4 is 39.1 Å². The maximum absolute atomic E-state index is 13.1. The molecule has 112 valence electrons. The van der Waals surface area contributed by atoms with Gasteiger partial charge in [-0.2, -0.15) is 13.2 Å². The van der Waals surface area contributed by atoms with Gasteiger partial charge in [0.25, 0.3) is 0 Å². The summed E-state index contributed by atoms with van der Waals surface area (Å²) < 4.78 is 39.6. The van der Waals surface area contributed by atoms with Gasteiger partial charge in [0.1, 0.15) is 0 Å².